The van der Waals surface area contributed by atoms with E-state index in [1.54, 1.807) is 72.8 Å². The summed E-state index contributed by atoms with van der Waals surface area (Å²) in [5.41, 5.74) is 27.7. The number of nitrogens with two attached hydrogens (primary N) is 4. The Labute approximate surface area is 507 Å². The lowest BCUT2D eigenvalue weighted by atomic mass is 9.80. The summed E-state index contributed by atoms with van der Waals surface area (Å²) in [5, 5.41) is 7.59. The molecule has 20 heteroatoms. The van der Waals surface area contributed by atoms with Gasteiger partial charge in [0.15, 0.2) is 0 Å². The maximum Gasteiger partial charge on any atom is 0.262 e. The highest BCUT2D eigenvalue weighted by Gasteiger charge is 2.42. The van der Waals surface area contributed by atoms with Crippen molar-refractivity contribution in [1.29, 1.82) is 0 Å². The van der Waals surface area contributed by atoms with Gasteiger partial charge in [-0.1, -0.05) is 48.5 Å². The number of carbonyl (C=O) groups excluding carboxylic acids is 6. The van der Waals surface area contributed by atoms with Crippen molar-refractivity contribution in [2.45, 2.75) is 39.5 Å². The average Bonchev–Trinajstić information content (AvgIpc) is 0.676. The van der Waals surface area contributed by atoms with Crippen LogP contribution in [-0.2, 0) is 44.7 Å². The van der Waals surface area contributed by atoms with Gasteiger partial charge in [0.05, 0.1) is 35.5 Å². The minimum Gasteiger partial charge on any atom is -0.457 e. The minimum absolute atomic E-state index is 0.00894. The first kappa shape index (κ1) is 60.2. The molecule has 0 spiro atoms. The van der Waals surface area contributed by atoms with Crippen molar-refractivity contribution in [3.63, 3.8) is 0 Å². The Kier molecular flexibility index (Phi) is 18.2. The van der Waals surface area contributed by atoms with E-state index in [1.807, 2.05) is 62.4 Å². The standard InChI is InChI=1S/C68H68N8O12/c1-3-83-31-29-73-55(77)37-75-65(79)47-33-51(85-43-13-5-39(6-14-43)21-25-69)59-61-53(87-45-17-9-41(10-18-45)23-27-71)35-49-58-50(68(82)76(67(49)81)38-56(78)74-30-32-84-4-2)36-54(88-46-19-11-42(12-20-46)24-28-72)62(64(58)61)60-52(34-48(66(75)80)57(47)63(59)60)86-44-15-7-40(8-16-44)22-26-70/h5-20,33-36H,3-4,21-32,37-38,69-72H2,1-2H3,(H,73,77)(H,74,78). The van der Waals surface area contributed by atoms with E-state index < -0.39 is 48.5 Å². The van der Waals surface area contributed by atoms with Gasteiger partial charge in [-0.25, -0.2) is 0 Å². The van der Waals surface area contributed by atoms with E-state index in [0.717, 1.165) is 32.1 Å². The quantitative estimate of drug-likeness (QED) is 0.0116. The van der Waals surface area contributed by atoms with Crippen LogP contribution in [0.1, 0.15) is 77.5 Å². The molecule has 0 fully saturated rings. The van der Waals surface area contributed by atoms with E-state index in [1.165, 1.54) is 0 Å². The van der Waals surface area contributed by atoms with Gasteiger partial charge in [0, 0.05) is 69.4 Å². The van der Waals surface area contributed by atoms with Crippen LogP contribution in [0.15, 0.2) is 121 Å². The lowest BCUT2D eigenvalue weighted by Crippen LogP contribution is -2.46. The fourth-order valence-electron chi connectivity index (χ4n) is 11.5. The molecule has 88 heavy (non-hydrogen) atoms. The van der Waals surface area contributed by atoms with Crippen molar-refractivity contribution >= 4 is 78.5 Å². The summed E-state index contributed by atoms with van der Waals surface area (Å²) in [6, 6.07) is 35.3. The smallest absolute Gasteiger partial charge is 0.262 e. The highest BCUT2D eigenvalue weighted by molar-refractivity contribution is 6.45. The zero-order valence-corrected chi connectivity index (χ0v) is 49.0. The molecule has 0 aliphatic carbocycles. The number of benzene rings is 9. The molecule has 20 nitrogen and oxygen atoms in total. The summed E-state index contributed by atoms with van der Waals surface area (Å²) in [7, 11) is 0. The first-order valence-electron chi connectivity index (χ1n) is 29.5. The van der Waals surface area contributed by atoms with Crippen LogP contribution in [0.2, 0.25) is 0 Å². The SMILES string of the molecule is CCOCCNC(=O)CN1C(=O)c2cc(Oc3ccc(CCN)cc3)c3c4c(Oc5ccc(CCN)cc5)cc5c6c(cc(Oc7ccc(CCN)cc7)c(c7c(Oc8ccc(CCN)cc8)cc(c2c37)C1=O)c64)C(=O)N(CC(=O)NCCOCC)C5=O. The molecule has 9 aromatic rings. The summed E-state index contributed by atoms with van der Waals surface area (Å²) >= 11 is 0. The molecule has 0 bridgehead atoms. The molecule has 2 aliphatic rings. The minimum atomic E-state index is -0.792. The third-order valence-corrected chi connectivity index (χ3v) is 15.6. The molecule has 0 saturated carbocycles. The molecular formula is C68H68N8O12. The fraction of sp³-hybridized carbons (Fsp3) is 0.265. The van der Waals surface area contributed by atoms with Gasteiger partial charge in [0.25, 0.3) is 23.6 Å². The van der Waals surface area contributed by atoms with E-state index in [4.69, 9.17) is 51.4 Å². The van der Waals surface area contributed by atoms with Gasteiger partial charge in [0.2, 0.25) is 11.8 Å². The zero-order chi connectivity index (χ0) is 61.6. The number of fused-ring (bicyclic) bond motifs is 2. The second kappa shape index (κ2) is 26.6. The third kappa shape index (κ3) is 12.0. The van der Waals surface area contributed by atoms with Crippen molar-refractivity contribution in [3.8, 4) is 46.0 Å². The predicted molar refractivity (Wildman–Crippen MR) is 334 cm³/mol. The topological polar surface area (TPSA) is 292 Å². The summed E-state index contributed by atoms with van der Waals surface area (Å²) in [6.07, 6.45) is 2.34. The van der Waals surface area contributed by atoms with E-state index in [0.29, 0.717) is 88.1 Å². The Morgan fingerprint density at radius 3 is 0.852 bits per heavy atom. The zero-order valence-electron chi connectivity index (χ0n) is 49.0. The van der Waals surface area contributed by atoms with Gasteiger partial charge in [0.1, 0.15) is 59.1 Å². The molecule has 0 atom stereocenters. The Morgan fingerprint density at radius 1 is 0.375 bits per heavy atom. The Balaban J connectivity index is 1.29. The fourth-order valence-corrected chi connectivity index (χ4v) is 11.5. The van der Waals surface area contributed by atoms with Gasteiger partial charge in [-0.15, -0.1) is 0 Å². The number of nitrogens with zero attached hydrogens (tertiary/aromatic N) is 2. The van der Waals surface area contributed by atoms with Crippen molar-refractivity contribution in [3.05, 3.63) is 166 Å². The van der Waals surface area contributed by atoms with Crippen molar-refractivity contribution < 1.29 is 57.2 Å². The van der Waals surface area contributed by atoms with Crippen LogP contribution >= 0.6 is 0 Å². The maximum absolute atomic E-state index is 15.5. The second-order valence-electron chi connectivity index (χ2n) is 21.3. The molecule has 10 N–H and O–H groups in total. The second-order valence-corrected chi connectivity index (χ2v) is 21.3. The number of hydrogen-bond donors (Lipinski definition) is 6. The van der Waals surface area contributed by atoms with Crippen LogP contribution < -0.4 is 52.5 Å². The average molecular weight is 1190 g/mol. The number of rotatable bonds is 28. The molecule has 2 heterocycles. The van der Waals surface area contributed by atoms with Crippen LogP contribution in [0.4, 0.5) is 0 Å². The Morgan fingerprint density at radius 2 is 0.625 bits per heavy atom. The Hall–Kier alpha value is -9.54. The summed E-state index contributed by atoms with van der Waals surface area (Å²) < 4.78 is 39.2. The number of hydrogen-bond acceptors (Lipinski definition) is 16. The van der Waals surface area contributed by atoms with Crippen LogP contribution in [0.5, 0.6) is 46.0 Å². The molecule has 2 aliphatic heterocycles. The highest BCUT2D eigenvalue weighted by atomic mass is 16.5. The van der Waals surface area contributed by atoms with Gasteiger partial charge < -0.3 is 62.0 Å². The lowest BCUT2D eigenvalue weighted by molar-refractivity contribution is -0.122. The molecule has 0 radical (unpaired) electrons. The number of amides is 6. The first-order chi connectivity index (χ1) is 42.9. The molecule has 6 amide bonds. The molecule has 0 unspecified atom stereocenters. The molecule has 11 rings (SSSR count). The first-order valence-corrected chi connectivity index (χ1v) is 29.5. The number of carbonyl (C=O) groups is 6. The Bertz CT molecular complexity index is 3640. The summed E-state index contributed by atoms with van der Waals surface area (Å²) in [4.78, 5) is 91.1. The number of nitrogens with one attached hydrogen (secondary N) is 2. The van der Waals surface area contributed by atoms with Crippen molar-refractivity contribution in [1.82, 2.24) is 20.4 Å². The van der Waals surface area contributed by atoms with Gasteiger partial charge >= 0.3 is 0 Å². The third-order valence-electron chi connectivity index (χ3n) is 15.6. The van der Waals surface area contributed by atoms with E-state index in [2.05, 4.69) is 10.6 Å². The van der Waals surface area contributed by atoms with Crippen LogP contribution in [-0.4, -0.2) is 124 Å². The molecule has 0 saturated heterocycles. The maximum atomic E-state index is 15.5. The molecule has 452 valence electrons. The van der Waals surface area contributed by atoms with Gasteiger partial charge in [-0.2, -0.15) is 0 Å². The lowest BCUT2D eigenvalue weighted by Gasteiger charge is -2.32. The van der Waals surface area contributed by atoms with E-state index in [9.17, 15) is 9.59 Å². The van der Waals surface area contributed by atoms with E-state index >= 15 is 19.2 Å². The van der Waals surface area contributed by atoms with Crippen LogP contribution in [0.25, 0.3) is 43.1 Å². The highest BCUT2D eigenvalue weighted by Crippen LogP contribution is 2.58. The molecular weight excluding hydrogens is 1120 g/mol. The van der Waals surface area contributed by atoms with Crippen molar-refractivity contribution in [2.75, 3.05) is 78.8 Å². The van der Waals surface area contributed by atoms with Gasteiger partial charge in [-0.05, 0) is 161 Å². The summed E-state index contributed by atoms with van der Waals surface area (Å²) in [6.45, 7) is 5.49. The monoisotopic (exact) mass is 1190 g/mol. The molecule has 9 aromatic carbocycles. The van der Waals surface area contributed by atoms with Gasteiger partial charge in [-0.3, -0.25) is 38.6 Å². The number of imide groups is 2. The molecule has 0 aromatic heterocycles. The van der Waals surface area contributed by atoms with Crippen LogP contribution in [0, 0.1) is 0 Å². The van der Waals surface area contributed by atoms with Crippen LogP contribution in [0.3, 0.4) is 0 Å². The largest absolute Gasteiger partial charge is 0.457 e. The normalized spacial score (nSPS) is 12.9. The van der Waals surface area contributed by atoms with Crippen molar-refractivity contribution in [2.24, 2.45) is 22.9 Å². The summed E-state index contributed by atoms with van der Waals surface area (Å²) in [5.74, 6) is -2.68. The number of ether oxygens (including phenoxy) is 6. The predicted octanol–water partition coefficient (Wildman–Crippen LogP) is 8.41. The van der Waals surface area contributed by atoms with E-state index in [-0.39, 0.29) is 115 Å².